The van der Waals surface area contributed by atoms with Crippen molar-refractivity contribution in [2.75, 3.05) is 0 Å². The molecule has 0 aliphatic carbocycles. The van der Waals surface area contributed by atoms with Crippen molar-refractivity contribution in [1.82, 2.24) is 0 Å². The van der Waals surface area contributed by atoms with Crippen LogP contribution in [0.4, 0.5) is 0 Å². The Bertz CT molecular complexity index is 222. The molecular formula is C20H38. The van der Waals surface area contributed by atoms with Crippen molar-refractivity contribution >= 4 is 0 Å². The summed E-state index contributed by atoms with van der Waals surface area (Å²) in [6.07, 6.45) is 25.8. The second-order valence-corrected chi connectivity index (χ2v) is 6.43. The minimum Gasteiger partial charge on any atom is -0.0917 e. The van der Waals surface area contributed by atoms with Gasteiger partial charge in [-0.05, 0) is 44.9 Å². The summed E-state index contributed by atoms with van der Waals surface area (Å²) < 4.78 is 0. The van der Waals surface area contributed by atoms with Crippen molar-refractivity contribution in [3.8, 4) is 0 Å². The minimum absolute atomic E-state index is 0.809. The Hall–Kier alpha value is -0.520. The van der Waals surface area contributed by atoms with Gasteiger partial charge in [0.25, 0.3) is 0 Å². The van der Waals surface area contributed by atoms with Crippen LogP contribution in [0, 0.1) is 5.92 Å². The van der Waals surface area contributed by atoms with Crippen LogP contribution in [0.5, 0.6) is 0 Å². The van der Waals surface area contributed by atoms with Crippen LogP contribution in [0.25, 0.3) is 0 Å². The van der Waals surface area contributed by atoms with Crippen LogP contribution >= 0.6 is 0 Å². The third-order valence-electron chi connectivity index (χ3n) is 3.75. The Balaban J connectivity index is 3.04. The molecule has 0 radical (unpaired) electrons. The number of unbranched alkanes of at least 4 members (excludes halogenated alkanes) is 10. The monoisotopic (exact) mass is 278 g/mol. The van der Waals surface area contributed by atoms with E-state index in [9.17, 15) is 0 Å². The zero-order valence-electron chi connectivity index (χ0n) is 14.4. The van der Waals surface area contributed by atoms with E-state index in [1.165, 1.54) is 77.0 Å². The lowest BCUT2D eigenvalue weighted by atomic mass is 10.1. The standard InChI is InChI=1S/C20H38/c1-4-5-6-7-8-9-10-11-12-13-14-15-16-17-18-19-20(2)3/h4-5,17-18,20H,6-16,19H2,1-3H3/b5-4+,18-17+. The van der Waals surface area contributed by atoms with Gasteiger partial charge < -0.3 is 0 Å². The van der Waals surface area contributed by atoms with Crippen LogP contribution in [0.3, 0.4) is 0 Å². The van der Waals surface area contributed by atoms with Crippen molar-refractivity contribution in [2.45, 2.75) is 97.8 Å². The largest absolute Gasteiger partial charge is 0.0917 e. The van der Waals surface area contributed by atoms with Gasteiger partial charge in [-0.25, -0.2) is 0 Å². The molecule has 0 fully saturated rings. The molecule has 0 aliphatic heterocycles. The van der Waals surface area contributed by atoms with Crippen LogP contribution in [0.15, 0.2) is 24.3 Å². The molecule has 0 saturated heterocycles. The van der Waals surface area contributed by atoms with Gasteiger partial charge in [0, 0.05) is 0 Å². The molecule has 0 aromatic carbocycles. The van der Waals surface area contributed by atoms with E-state index >= 15 is 0 Å². The van der Waals surface area contributed by atoms with E-state index in [0.29, 0.717) is 0 Å². The SMILES string of the molecule is C/C=C/CCCCCCCCCCC/C=C/CC(C)C. The van der Waals surface area contributed by atoms with E-state index in [1.807, 2.05) is 0 Å². The second-order valence-electron chi connectivity index (χ2n) is 6.43. The molecule has 0 unspecified atom stereocenters. The average molecular weight is 279 g/mol. The van der Waals surface area contributed by atoms with Crippen molar-refractivity contribution in [1.29, 1.82) is 0 Å². The summed E-state index contributed by atoms with van der Waals surface area (Å²) >= 11 is 0. The fourth-order valence-corrected chi connectivity index (χ4v) is 2.41. The molecule has 20 heavy (non-hydrogen) atoms. The highest BCUT2D eigenvalue weighted by molar-refractivity contribution is 4.82. The first kappa shape index (κ1) is 19.5. The quantitative estimate of drug-likeness (QED) is 0.228. The van der Waals surface area contributed by atoms with Crippen molar-refractivity contribution < 1.29 is 0 Å². The van der Waals surface area contributed by atoms with E-state index in [-0.39, 0.29) is 0 Å². The maximum absolute atomic E-state index is 2.38. The maximum atomic E-state index is 2.38. The van der Waals surface area contributed by atoms with Gasteiger partial charge >= 0.3 is 0 Å². The van der Waals surface area contributed by atoms with Gasteiger partial charge in [-0.15, -0.1) is 0 Å². The molecule has 0 aliphatic rings. The Labute approximate surface area is 128 Å². The highest BCUT2D eigenvalue weighted by atomic mass is 14.0. The Kier molecular flexibility index (Phi) is 16.1. The molecule has 0 spiro atoms. The summed E-state index contributed by atoms with van der Waals surface area (Å²) in [7, 11) is 0. The van der Waals surface area contributed by atoms with E-state index in [0.717, 1.165) is 5.92 Å². The number of hydrogen-bond donors (Lipinski definition) is 0. The zero-order chi connectivity index (χ0) is 14.9. The Morgan fingerprint density at radius 3 is 1.50 bits per heavy atom. The van der Waals surface area contributed by atoms with Gasteiger partial charge in [0.1, 0.15) is 0 Å². The highest BCUT2D eigenvalue weighted by Crippen LogP contribution is 2.12. The van der Waals surface area contributed by atoms with Crippen molar-refractivity contribution in [2.24, 2.45) is 5.92 Å². The van der Waals surface area contributed by atoms with Gasteiger partial charge in [0.15, 0.2) is 0 Å². The van der Waals surface area contributed by atoms with Crippen LogP contribution in [-0.4, -0.2) is 0 Å². The topological polar surface area (TPSA) is 0 Å². The lowest BCUT2D eigenvalue weighted by Crippen LogP contribution is -1.82. The summed E-state index contributed by atoms with van der Waals surface area (Å²) in [5.41, 5.74) is 0. The van der Waals surface area contributed by atoms with Gasteiger partial charge in [-0.2, -0.15) is 0 Å². The average Bonchev–Trinajstić information content (AvgIpc) is 2.43. The van der Waals surface area contributed by atoms with Crippen molar-refractivity contribution in [3.63, 3.8) is 0 Å². The van der Waals surface area contributed by atoms with Gasteiger partial charge in [-0.1, -0.05) is 83.1 Å². The predicted octanol–water partition coefficient (Wildman–Crippen LogP) is 7.46. The number of allylic oxidation sites excluding steroid dienone is 4. The third kappa shape index (κ3) is 17.5. The van der Waals surface area contributed by atoms with Gasteiger partial charge in [-0.3, -0.25) is 0 Å². The summed E-state index contributed by atoms with van der Waals surface area (Å²) in [5.74, 6) is 0.809. The molecule has 0 aromatic heterocycles. The third-order valence-corrected chi connectivity index (χ3v) is 3.75. The highest BCUT2D eigenvalue weighted by Gasteiger charge is 1.92. The first-order chi connectivity index (χ1) is 9.77. The summed E-state index contributed by atoms with van der Waals surface area (Å²) in [5, 5.41) is 0. The second kappa shape index (κ2) is 16.5. The molecule has 0 rings (SSSR count). The van der Waals surface area contributed by atoms with E-state index in [4.69, 9.17) is 0 Å². The Morgan fingerprint density at radius 2 is 1.05 bits per heavy atom. The Morgan fingerprint density at radius 1 is 0.600 bits per heavy atom. The van der Waals surface area contributed by atoms with E-state index < -0.39 is 0 Å². The molecular weight excluding hydrogens is 240 g/mol. The molecule has 0 saturated carbocycles. The lowest BCUT2D eigenvalue weighted by molar-refractivity contribution is 0.561. The molecule has 0 aromatic rings. The fraction of sp³-hybridized carbons (Fsp3) is 0.800. The van der Waals surface area contributed by atoms with E-state index in [1.54, 1.807) is 0 Å². The zero-order valence-corrected chi connectivity index (χ0v) is 14.4. The number of hydrogen-bond acceptors (Lipinski definition) is 0. The summed E-state index contributed by atoms with van der Waals surface area (Å²) in [6, 6.07) is 0. The molecule has 0 heteroatoms. The molecule has 0 heterocycles. The number of rotatable bonds is 14. The minimum atomic E-state index is 0.809. The molecule has 0 bridgehead atoms. The smallest absolute Gasteiger partial charge is 0.0327 e. The molecule has 118 valence electrons. The first-order valence-electron chi connectivity index (χ1n) is 9.03. The first-order valence-corrected chi connectivity index (χ1v) is 9.03. The van der Waals surface area contributed by atoms with Crippen LogP contribution < -0.4 is 0 Å². The van der Waals surface area contributed by atoms with E-state index in [2.05, 4.69) is 45.1 Å². The predicted molar refractivity (Wildman–Crippen MR) is 94.2 cm³/mol. The summed E-state index contributed by atoms with van der Waals surface area (Å²) in [4.78, 5) is 0. The van der Waals surface area contributed by atoms with Crippen LogP contribution in [0.2, 0.25) is 0 Å². The van der Waals surface area contributed by atoms with Crippen LogP contribution in [0.1, 0.15) is 97.8 Å². The van der Waals surface area contributed by atoms with Crippen LogP contribution in [-0.2, 0) is 0 Å². The molecule has 0 atom stereocenters. The maximum Gasteiger partial charge on any atom is -0.0327 e. The molecule has 0 nitrogen and oxygen atoms in total. The van der Waals surface area contributed by atoms with Crippen molar-refractivity contribution in [3.05, 3.63) is 24.3 Å². The molecule has 0 N–H and O–H groups in total. The molecule has 0 amide bonds. The summed E-state index contributed by atoms with van der Waals surface area (Å²) in [6.45, 7) is 6.68. The normalized spacial score (nSPS) is 12.2. The lowest BCUT2D eigenvalue weighted by Gasteiger charge is -2.01. The van der Waals surface area contributed by atoms with Gasteiger partial charge in [0.05, 0.1) is 0 Å². The fourth-order valence-electron chi connectivity index (χ4n) is 2.41. The van der Waals surface area contributed by atoms with Gasteiger partial charge in [0.2, 0.25) is 0 Å².